The van der Waals surface area contributed by atoms with Gasteiger partial charge in [-0.25, -0.2) is 0 Å². The number of esters is 1. The van der Waals surface area contributed by atoms with E-state index in [9.17, 15) is 9.59 Å². The van der Waals surface area contributed by atoms with Crippen LogP contribution < -0.4 is 5.32 Å². The van der Waals surface area contributed by atoms with Crippen LogP contribution in [0.5, 0.6) is 0 Å². The van der Waals surface area contributed by atoms with Crippen molar-refractivity contribution in [3.8, 4) is 0 Å². The van der Waals surface area contributed by atoms with Gasteiger partial charge >= 0.3 is 5.97 Å². The highest BCUT2D eigenvalue weighted by Gasteiger charge is 2.30. The number of aromatic nitrogens is 1. The van der Waals surface area contributed by atoms with Crippen LogP contribution in [0.4, 0.5) is 0 Å². The summed E-state index contributed by atoms with van der Waals surface area (Å²) in [5.41, 5.74) is 1.15. The van der Waals surface area contributed by atoms with E-state index >= 15 is 0 Å². The number of carbonyl (C=O) groups is 2. The molecule has 1 aromatic heterocycles. The van der Waals surface area contributed by atoms with Gasteiger partial charge in [-0.15, -0.1) is 0 Å². The lowest BCUT2D eigenvalue weighted by Crippen LogP contribution is -2.36. The quantitative estimate of drug-likeness (QED) is 0.552. The summed E-state index contributed by atoms with van der Waals surface area (Å²) < 4.78 is 4.92. The molecule has 6 nitrogen and oxygen atoms in total. The van der Waals surface area contributed by atoms with E-state index < -0.39 is 0 Å². The molecule has 1 unspecified atom stereocenters. The highest BCUT2D eigenvalue weighted by molar-refractivity contribution is 5.79. The smallest absolute Gasteiger partial charge is 0.307 e. The Bertz CT molecular complexity index is 507. The van der Waals surface area contributed by atoms with Gasteiger partial charge in [0.1, 0.15) is 0 Å². The molecule has 6 heteroatoms. The van der Waals surface area contributed by atoms with Crippen molar-refractivity contribution in [2.24, 2.45) is 0 Å². The van der Waals surface area contributed by atoms with Crippen molar-refractivity contribution >= 4 is 11.9 Å². The van der Waals surface area contributed by atoms with Gasteiger partial charge in [-0.1, -0.05) is 6.07 Å². The highest BCUT2D eigenvalue weighted by atomic mass is 16.5. The van der Waals surface area contributed by atoms with Crippen LogP contribution in [0, 0.1) is 0 Å². The fourth-order valence-corrected chi connectivity index (χ4v) is 2.85. The van der Waals surface area contributed by atoms with Crippen LogP contribution in [0.2, 0.25) is 0 Å². The molecule has 0 bridgehead atoms. The topological polar surface area (TPSA) is 71.5 Å². The van der Waals surface area contributed by atoms with E-state index in [1.807, 2.05) is 23.2 Å². The Labute approximate surface area is 137 Å². The standard InChI is InChI=1S/C17H25N3O3/c1-2-23-17(22)8-11-20-15(5-6-16(20)21)7-10-19-13-14-4-3-9-18-12-14/h3-4,9,12,15,19H,2,5-8,10-11,13H2,1H3. The minimum atomic E-state index is -0.236. The maximum Gasteiger partial charge on any atom is 0.307 e. The average molecular weight is 319 g/mol. The predicted octanol–water partition coefficient (Wildman–Crippen LogP) is 1.51. The molecule has 1 aromatic rings. The fraction of sp³-hybridized carbons (Fsp3) is 0.588. The minimum Gasteiger partial charge on any atom is -0.466 e. The predicted molar refractivity (Wildman–Crippen MR) is 86.5 cm³/mol. The maximum atomic E-state index is 12.0. The molecular formula is C17H25N3O3. The number of nitrogens with zero attached hydrogens (tertiary/aromatic N) is 2. The number of carbonyl (C=O) groups excluding carboxylic acids is 2. The molecular weight excluding hydrogens is 294 g/mol. The maximum absolute atomic E-state index is 12.0. The summed E-state index contributed by atoms with van der Waals surface area (Å²) in [6.07, 6.45) is 6.23. The van der Waals surface area contributed by atoms with Gasteiger partial charge in [-0.3, -0.25) is 14.6 Å². The van der Waals surface area contributed by atoms with Crippen LogP contribution in [0.25, 0.3) is 0 Å². The number of ether oxygens (including phenoxy) is 1. The molecule has 0 aromatic carbocycles. The fourth-order valence-electron chi connectivity index (χ4n) is 2.85. The van der Waals surface area contributed by atoms with E-state index in [0.29, 0.717) is 19.6 Å². The van der Waals surface area contributed by atoms with Gasteiger partial charge in [0.15, 0.2) is 0 Å². The van der Waals surface area contributed by atoms with Gasteiger partial charge in [-0.2, -0.15) is 0 Å². The second kappa shape index (κ2) is 9.25. The van der Waals surface area contributed by atoms with Crippen LogP contribution >= 0.6 is 0 Å². The molecule has 1 fully saturated rings. The molecule has 0 radical (unpaired) electrons. The van der Waals surface area contributed by atoms with Gasteiger partial charge in [0, 0.05) is 37.9 Å². The van der Waals surface area contributed by atoms with Crippen molar-refractivity contribution in [2.45, 2.75) is 45.2 Å². The zero-order valence-corrected chi connectivity index (χ0v) is 13.7. The molecule has 23 heavy (non-hydrogen) atoms. The van der Waals surface area contributed by atoms with Gasteiger partial charge in [0.25, 0.3) is 0 Å². The molecule has 1 N–H and O–H groups in total. The summed E-state index contributed by atoms with van der Waals surface area (Å²) >= 11 is 0. The Kier molecular flexibility index (Phi) is 7.00. The van der Waals surface area contributed by atoms with E-state index in [-0.39, 0.29) is 24.3 Å². The van der Waals surface area contributed by atoms with Crippen molar-refractivity contribution in [2.75, 3.05) is 19.7 Å². The molecule has 2 heterocycles. The Hall–Kier alpha value is -1.95. The van der Waals surface area contributed by atoms with Gasteiger partial charge in [0.2, 0.25) is 5.91 Å². The van der Waals surface area contributed by atoms with E-state index in [2.05, 4.69) is 10.3 Å². The van der Waals surface area contributed by atoms with Gasteiger partial charge in [-0.05, 0) is 37.9 Å². The van der Waals surface area contributed by atoms with Gasteiger partial charge in [0.05, 0.1) is 13.0 Å². The SMILES string of the molecule is CCOC(=O)CCN1C(=O)CCC1CCNCc1cccnc1. The third kappa shape index (κ3) is 5.63. The summed E-state index contributed by atoms with van der Waals surface area (Å²) in [7, 11) is 0. The van der Waals surface area contributed by atoms with E-state index in [1.54, 1.807) is 13.1 Å². The minimum absolute atomic E-state index is 0.145. The first kappa shape index (κ1) is 17.4. The van der Waals surface area contributed by atoms with Crippen LogP contribution in [-0.4, -0.2) is 47.5 Å². The zero-order chi connectivity index (χ0) is 16.5. The highest BCUT2D eigenvalue weighted by Crippen LogP contribution is 2.21. The Morgan fingerprint density at radius 3 is 3.13 bits per heavy atom. The molecule has 0 saturated carbocycles. The van der Waals surface area contributed by atoms with E-state index in [1.165, 1.54) is 0 Å². The molecule has 1 amide bonds. The van der Waals surface area contributed by atoms with Crippen molar-refractivity contribution in [1.29, 1.82) is 0 Å². The summed E-state index contributed by atoms with van der Waals surface area (Å²) in [4.78, 5) is 29.3. The summed E-state index contributed by atoms with van der Waals surface area (Å²) in [5.74, 6) is -0.0905. The van der Waals surface area contributed by atoms with Crippen molar-refractivity contribution in [1.82, 2.24) is 15.2 Å². The molecule has 1 saturated heterocycles. The largest absolute Gasteiger partial charge is 0.466 e. The summed E-state index contributed by atoms with van der Waals surface area (Å²) in [6.45, 7) is 4.25. The first-order chi connectivity index (χ1) is 11.2. The van der Waals surface area contributed by atoms with E-state index in [4.69, 9.17) is 4.74 Å². The second-order valence-corrected chi connectivity index (χ2v) is 5.66. The Balaban J connectivity index is 1.70. The molecule has 126 valence electrons. The third-order valence-corrected chi connectivity index (χ3v) is 4.02. The van der Waals surface area contributed by atoms with Crippen LogP contribution in [0.15, 0.2) is 24.5 Å². The zero-order valence-electron chi connectivity index (χ0n) is 13.7. The van der Waals surface area contributed by atoms with Crippen molar-refractivity contribution < 1.29 is 14.3 Å². The third-order valence-electron chi connectivity index (χ3n) is 4.02. The first-order valence-electron chi connectivity index (χ1n) is 8.25. The average Bonchev–Trinajstić information content (AvgIpc) is 2.91. The summed E-state index contributed by atoms with van der Waals surface area (Å²) in [6, 6.07) is 4.17. The van der Waals surface area contributed by atoms with Crippen LogP contribution in [-0.2, 0) is 20.9 Å². The first-order valence-corrected chi connectivity index (χ1v) is 8.25. The van der Waals surface area contributed by atoms with Crippen LogP contribution in [0.3, 0.4) is 0 Å². The lowest BCUT2D eigenvalue weighted by Gasteiger charge is -2.24. The monoisotopic (exact) mass is 319 g/mol. The molecule has 1 atom stereocenters. The molecule has 0 aliphatic carbocycles. The van der Waals surface area contributed by atoms with Crippen molar-refractivity contribution in [3.63, 3.8) is 0 Å². The van der Waals surface area contributed by atoms with Crippen molar-refractivity contribution in [3.05, 3.63) is 30.1 Å². The molecule has 0 spiro atoms. The van der Waals surface area contributed by atoms with E-state index in [0.717, 1.165) is 31.5 Å². The summed E-state index contributed by atoms with van der Waals surface area (Å²) in [5, 5.41) is 3.38. The Morgan fingerprint density at radius 2 is 2.39 bits per heavy atom. The lowest BCUT2D eigenvalue weighted by molar-refractivity contribution is -0.144. The normalized spacial score (nSPS) is 17.5. The lowest BCUT2D eigenvalue weighted by atomic mass is 10.1. The number of nitrogens with one attached hydrogen (secondary N) is 1. The van der Waals surface area contributed by atoms with Gasteiger partial charge < -0.3 is 15.0 Å². The number of hydrogen-bond acceptors (Lipinski definition) is 5. The second-order valence-electron chi connectivity index (χ2n) is 5.66. The Morgan fingerprint density at radius 1 is 1.52 bits per heavy atom. The number of hydrogen-bond donors (Lipinski definition) is 1. The molecule has 2 rings (SSSR count). The molecule has 1 aliphatic heterocycles. The number of pyridine rings is 1. The van der Waals surface area contributed by atoms with Crippen LogP contribution in [0.1, 0.15) is 38.2 Å². The molecule has 1 aliphatic rings. The number of rotatable bonds is 9. The number of amides is 1. The number of likely N-dealkylation sites (tertiary alicyclic amines) is 1.